The number of hydrogen-bond donors (Lipinski definition) is 0. The molecule has 12 aromatic rings. The highest BCUT2D eigenvalue weighted by molar-refractivity contribution is 7.03. The summed E-state index contributed by atoms with van der Waals surface area (Å²) in [6.45, 7) is 0.256. The number of benzene rings is 12. The van der Waals surface area contributed by atoms with Gasteiger partial charge in [0.25, 0.3) is 0 Å². The molecule has 0 fully saturated rings. The summed E-state index contributed by atoms with van der Waals surface area (Å²) < 4.78 is 0. The minimum Gasteiger partial charge on any atom is -0.0664 e. The van der Waals surface area contributed by atoms with Gasteiger partial charge in [-0.25, -0.2) is 0 Å². The Morgan fingerprint density at radius 2 is 0.530 bits per heavy atom. The maximum Gasteiger partial charge on any atom is 0.244 e. The highest BCUT2D eigenvalue weighted by Gasteiger charge is 2.44. The van der Waals surface area contributed by atoms with Crippen LogP contribution in [-0.4, -0.2) is 13.4 Å². The van der Waals surface area contributed by atoms with Crippen molar-refractivity contribution in [1.82, 2.24) is 0 Å². The van der Waals surface area contributed by atoms with E-state index in [2.05, 4.69) is 218 Å². The molecule has 0 N–H and O–H groups in total. The van der Waals surface area contributed by atoms with Gasteiger partial charge in [0.05, 0.1) is 0 Å². The zero-order chi connectivity index (χ0) is 42.8. The van der Waals surface area contributed by atoms with Gasteiger partial charge in [-0.05, 0) is 133 Å². The second-order valence-corrected chi connectivity index (χ2v) is 18.9. The third-order valence-corrected chi connectivity index (χ3v) is 15.9. The summed E-state index contributed by atoms with van der Waals surface area (Å²) in [4.78, 5) is 0. The standard InChI is InChI=1S/C64H36B2/c1-3-17-37(18-4-1)39-21-7-9-23-41(39)49-33-51-47-29-15-27-45-43-25-12-14-32-56(43)66(63(45)47)58-36-54-50(42-24-10-8-22-40(42)38-19-5-2-6-20-38)34-52-48-30-16-28-46-44-26-11-13-31-55(44)65(64(46)48)57-35-53(49)61(59(51)58)62(54)60(52)57/h1-36H. The Labute approximate surface area is 384 Å². The fourth-order valence-electron chi connectivity index (χ4n) is 13.4. The molecule has 4 aliphatic rings. The van der Waals surface area contributed by atoms with Crippen molar-refractivity contribution in [2.75, 3.05) is 0 Å². The van der Waals surface area contributed by atoms with E-state index in [1.807, 2.05) is 0 Å². The molecular formula is C64H36B2. The molecule has 0 saturated heterocycles. The molecule has 2 heteroatoms. The monoisotopic (exact) mass is 826 g/mol. The minimum absolute atomic E-state index is 0.128. The maximum absolute atomic E-state index is 2.66. The Bertz CT molecular complexity index is 3840. The summed E-state index contributed by atoms with van der Waals surface area (Å²) in [5.41, 5.74) is 29.5. The van der Waals surface area contributed by atoms with Crippen LogP contribution in [0.25, 0.3) is 121 Å². The Hall–Kier alpha value is -8.19. The zero-order valence-corrected chi connectivity index (χ0v) is 35.9. The van der Waals surface area contributed by atoms with Gasteiger partial charge in [-0.3, -0.25) is 0 Å². The van der Waals surface area contributed by atoms with Crippen molar-refractivity contribution in [3.8, 4) is 89.0 Å². The molecular weight excluding hydrogens is 790 g/mol. The molecule has 16 rings (SSSR count). The van der Waals surface area contributed by atoms with E-state index in [-0.39, 0.29) is 13.4 Å². The van der Waals surface area contributed by atoms with Gasteiger partial charge in [-0.1, -0.05) is 239 Å². The molecule has 0 radical (unpaired) electrons. The van der Waals surface area contributed by atoms with Gasteiger partial charge < -0.3 is 0 Å². The summed E-state index contributed by atoms with van der Waals surface area (Å²) in [5.74, 6) is 0. The minimum atomic E-state index is 0.128. The largest absolute Gasteiger partial charge is 0.244 e. The quantitative estimate of drug-likeness (QED) is 0.122. The lowest BCUT2D eigenvalue weighted by Crippen LogP contribution is -2.52. The fraction of sp³-hybridized carbons (Fsp3) is 0. The average molecular weight is 827 g/mol. The van der Waals surface area contributed by atoms with E-state index in [9.17, 15) is 0 Å². The molecule has 298 valence electrons. The van der Waals surface area contributed by atoms with Crippen LogP contribution in [0.15, 0.2) is 218 Å². The first kappa shape index (κ1) is 35.2. The van der Waals surface area contributed by atoms with Crippen molar-refractivity contribution < 1.29 is 0 Å². The molecule has 0 amide bonds. The smallest absolute Gasteiger partial charge is 0.0664 e. The van der Waals surface area contributed by atoms with Crippen molar-refractivity contribution >= 4 is 78.5 Å². The molecule has 0 atom stereocenters. The summed E-state index contributed by atoms with van der Waals surface area (Å²) in [6.07, 6.45) is 0. The highest BCUT2D eigenvalue weighted by atomic mass is 14.3. The van der Waals surface area contributed by atoms with Crippen LogP contribution >= 0.6 is 0 Å². The first-order valence-electron chi connectivity index (χ1n) is 23.4. The lowest BCUT2D eigenvalue weighted by atomic mass is 9.34. The molecule has 0 nitrogen and oxygen atoms in total. The van der Waals surface area contributed by atoms with E-state index in [1.165, 1.54) is 154 Å². The fourth-order valence-corrected chi connectivity index (χ4v) is 13.4. The van der Waals surface area contributed by atoms with Crippen LogP contribution in [0.2, 0.25) is 0 Å². The maximum atomic E-state index is 2.66. The van der Waals surface area contributed by atoms with Crippen LogP contribution in [0.3, 0.4) is 0 Å². The van der Waals surface area contributed by atoms with Crippen molar-refractivity contribution in [1.29, 1.82) is 0 Å². The number of fused-ring (bicyclic) bond motifs is 10. The van der Waals surface area contributed by atoms with Crippen molar-refractivity contribution in [2.45, 2.75) is 0 Å². The van der Waals surface area contributed by atoms with Gasteiger partial charge in [0.2, 0.25) is 13.4 Å². The molecule has 66 heavy (non-hydrogen) atoms. The normalized spacial score (nSPS) is 13.1. The van der Waals surface area contributed by atoms with Crippen LogP contribution in [0.4, 0.5) is 0 Å². The summed E-state index contributed by atoms with van der Waals surface area (Å²) in [6, 6.07) is 83.3. The Morgan fingerprint density at radius 1 is 0.197 bits per heavy atom. The van der Waals surface area contributed by atoms with E-state index in [0.717, 1.165) is 0 Å². The van der Waals surface area contributed by atoms with Crippen LogP contribution in [0, 0.1) is 0 Å². The third-order valence-electron chi connectivity index (χ3n) is 15.9. The topological polar surface area (TPSA) is 0 Å². The van der Waals surface area contributed by atoms with Crippen LogP contribution in [0.5, 0.6) is 0 Å². The zero-order valence-electron chi connectivity index (χ0n) is 35.9. The molecule has 0 unspecified atom stereocenters. The van der Waals surface area contributed by atoms with Crippen LogP contribution in [0.1, 0.15) is 0 Å². The summed E-state index contributed by atoms with van der Waals surface area (Å²) in [5, 5.41) is 8.26. The molecule has 12 aromatic carbocycles. The lowest BCUT2D eigenvalue weighted by Gasteiger charge is -2.33. The molecule has 0 saturated carbocycles. The van der Waals surface area contributed by atoms with Crippen LogP contribution < -0.4 is 32.8 Å². The predicted octanol–water partition coefficient (Wildman–Crippen LogP) is 12.2. The lowest BCUT2D eigenvalue weighted by molar-refractivity contribution is 1.59. The van der Waals surface area contributed by atoms with Crippen molar-refractivity contribution in [3.05, 3.63) is 218 Å². The Kier molecular flexibility index (Phi) is 6.80. The molecule has 0 aromatic heterocycles. The number of hydrogen-bond acceptors (Lipinski definition) is 0. The number of rotatable bonds is 4. The third kappa shape index (κ3) is 4.37. The van der Waals surface area contributed by atoms with Gasteiger partial charge in [-0.15, -0.1) is 0 Å². The van der Waals surface area contributed by atoms with E-state index in [4.69, 9.17) is 0 Å². The van der Waals surface area contributed by atoms with Gasteiger partial charge in [0.1, 0.15) is 0 Å². The van der Waals surface area contributed by atoms with Gasteiger partial charge in [-0.2, -0.15) is 0 Å². The summed E-state index contributed by atoms with van der Waals surface area (Å²) >= 11 is 0. The molecule has 0 bridgehead atoms. The Morgan fingerprint density at radius 3 is 0.955 bits per heavy atom. The summed E-state index contributed by atoms with van der Waals surface area (Å²) in [7, 11) is 0. The SMILES string of the molecule is c1ccc(-c2ccccc2-c2cc3c4c(cc5c(-c6ccccc6-c6ccccc6)cc6c7c(cc2c4c57)B2c4ccccc4-c4cccc-6c42)B2c4ccccc4-c4cccc-3c42)cc1. The van der Waals surface area contributed by atoms with E-state index < -0.39 is 0 Å². The van der Waals surface area contributed by atoms with Crippen molar-refractivity contribution in [2.24, 2.45) is 0 Å². The molecule has 0 aliphatic carbocycles. The highest BCUT2D eigenvalue weighted by Crippen LogP contribution is 2.52. The average Bonchev–Trinajstić information content (AvgIpc) is 3.91. The van der Waals surface area contributed by atoms with E-state index >= 15 is 0 Å². The Balaban J connectivity index is 1.16. The first-order valence-corrected chi connectivity index (χ1v) is 23.4. The van der Waals surface area contributed by atoms with Crippen LogP contribution in [-0.2, 0) is 0 Å². The van der Waals surface area contributed by atoms with Gasteiger partial charge in [0.15, 0.2) is 0 Å². The predicted molar refractivity (Wildman–Crippen MR) is 283 cm³/mol. The van der Waals surface area contributed by atoms with E-state index in [1.54, 1.807) is 0 Å². The van der Waals surface area contributed by atoms with E-state index in [0.29, 0.717) is 0 Å². The molecule has 4 aliphatic heterocycles. The van der Waals surface area contributed by atoms with Gasteiger partial charge >= 0.3 is 0 Å². The van der Waals surface area contributed by atoms with Crippen molar-refractivity contribution in [3.63, 3.8) is 0 Å². The second-order valence-electron chi connectivity index (χ2n) is 18.9. The first-order chi connectivity index (χ1) is 32.8. The molecule has 0 spiro atoms. The van der Waals surface area contributed by atoms with Gasteiger partial charge in [0, 0.05) is 0 Å². The second kappa shape index (κ2) is 12.7. The molecule has 4 heterocycles.